The molecular formula is C24H32Cl4N6Zn. The molecule has 6 nitrogen and oxygen atoms in total. The van der Waals surface area contributed by atoms with Crippen LogP contribution >= 0.6 is 38.8 Å². The van der Waals surface area contributed by atoms with Crippen LogP contribution in [0.25, 0.3) is 9.95 Å². The van der Waals surface area contributed by atoms with E-state index in [0.717, 1.165) is 26.2 Å². The number of diazo groups is 2. The monoisotopic (exact) mass is 608 g/mol. The standard InChI is InChI=1S/2C12H16N3.4ClH.Zn/c2*13-14-11-5-7-12(8-6-11)15-9-3-1-2-4-10-15;;;;;/h2*5-8H,1-4,9-10H2;4*1H;/q2*+1;;;;;+2/p-4. The van der Waals surface area contributed by atoms with Crippen LogP contribution in [0.3, 0.4) is 0 Å². The molecule has 0 spiro atoms. The first-order valence-electron chi connectivity index (χ1n) is 12.3. The van der Waals surface area contributed by atoms with Crippen LogP contribution in [-0.4, -0.2) is 26.2 Å². The molecule has 0 unspecified atom stereocenters. The van der Waals surface area contributed by atoms with E-state index in [1.807, 2.05) is 48.5 Å². The average Bonchev–Trinajstić information content (AvgIpc) is 3.29. The van der Waals surface area contributed by atoms with E-state index in [1.165, 1.54) is 62.7 Å². The molecule has 2 aliphatic rings. The van der Waals surface area contributed by atoms with Crippen LogP contribution in [-0.2, 0) is 10.8 Å². The molecular weight excluding hydrogens is 580 g/mol. The Labute approximate surface area is 227 Å². The molecule has 0 amide bonds. The average molecular weight is 612 g/mol. The van der Waals surface area contributed by atoms with Gasteiger partial charge in [0.25, 0.3) is 0 Å². The maximum absolute atomic E-state index is 8.60. The Kier molecular flexibility index (Phi) is 14.0. The first-order valence-corrected chi connectivity index (χ1v) is 27.9. The van der Waals surface area contributed by atoms with Gasteiger partial charge >= 0.3 is 61.0 Å². The molecule has 0 bridgehead atoms. The maximum atomic E-state index is 8.60. The van der Waals surface area contributed by atoms with Gasteiger partial charge < -0.3 is 9.80 Å². The fraction of sp³-hybridized carbons (Fsp3) is 0.500. The zero-order chi connectivity index (χ0) is 25.5. The molecule has 0 N–H and O–H groups in total. The molecule has 2 fully saturated rings. The number of rotatable bonds is 2. The molecule has 2 aromatic rings. The van der Waals surface area contributed by atoms with E-state index in [0.29, 0.717) is 11.4 Å². The van der Waals surface area contributed by atoms with E-state index in [-0.39, 0.29) is 0 Å². The Hall–Kier alpha value is -1.34. The molecule has 35 heavy (non-hydrogen) atoms. The van der Waals surface area contributed by atoms with Crippen LogP contribution < -0.4 is 9.80 Å². The molecule has 0 radical (unpaired) electrons. The minimum absolute atomic E-state index is 0.619. The summed E-state index contributed by atoms with van der Waals surface area (Å²) in [5.41, 5.74) is 3.72. The summed E-state index contributed by atoms with van der Waals surface area (Å²) in [5, 5.41) is 17.2. The summed E-state index contributed by atoms with van der Waals surface area (Å²) in [6.45, 7) is 4.59. The van der Waals surface area contributed by atoms with Crippen LogP contribution in [0, 0.1) is 10.8 Å². The van der Waals surface area contributed by atoms with Crippen molar-refractivity contribution in [3.05, 3.63) is 58.5 Å². The SMILES string of the molecule is N#[N+]c1ccc(N2CCCCCC2)cc1.N#[N+]c1ccc(N2CCCCCC2)cc1.[Cl][Zn-2]([Cl])([Cl])[Cl]. The van der Waals surface area contributed by atoms with E-state index < -0.39 is 10.8 Å². The van der Waals surface area contributed by atoms with Gasteiger partial charge in [0.15, 0.2) is 9.95 Å². The predicted octanol–water partition coefficient (Wildman–Crippen LogP) is 9.86. The van der Waals surface area contributed by atoms with Crippen LogP contribution in [0.4, 0.5) is 22.7 Å². The van der Waals surface area contributed by atoms with Crippen molar-refractivity contribution in [2.75, 3.05) is 36.0 Å². The number of hydrogen-bond acceptors (Lipinski definition) is 4. The van der Waals surface area contributed by atoms with Gasteiger partial charge in [-0.05, 0) is 49.9 Å². The number of anilines is 2. The van der Waals surface area contributed by atoms with Crippen LogP contribution in [0.15, 0.2) is 48.5 Å². The topological polar surface area (TPSA) is 62.8 Å². The zero-order valence-electron chi connectivity index (χ0n) is 20.0. The van der Waals surface area contributed by atoms with Crippen LogP contribution in [0.5, 0.6) is 0 Å². The summed E-state index contributed by atoms with van der Waals surface area (Å²) < 4.78 is 0. The Morgan fingerprint density at radius 1 is 0.514 bits per heavy atom. The number of nitrogens with zero attached hydrogens (tertiary/aromatic N) is 6. The van der Waals surface area contributed by atoms with Gasteiger partial charge in [0, 0.05) is 61.8 Å². The molecule has 0 aromatic heterocycles. The Morgan fingerprint density at radius 2 is 0.771 bits per heavy atom. The second-order valence-electron chi connectivity index (χ2n) is 8.64. The first kappa shape index (κ1) is 29.9. The normalized spacial score (nSPS) is 16.2. The molecule has 2 saturated heterocycles. The fourth-order valence-electron chi connectivity index (χ4n) is 4.12. The molecule has 4 rings (SSSR count). The Morgan fingerprint density at radius 3 is 1.00 bits per heavy atom. The molecule has 0 aliphatic carbocycles. The van der Waals surface area contributed by atoms with E-state index >= 15 is 0 Å². The minimum atomic E-state index is -3.36. The first-order chi connectivity index (χ1) is 16.8. The van der Waals surface area contributed by atoms with Crippen molar-refractivity contribution in [3.63, 3.8) is 0 Å². The summed E-state index contributed by atoms with van der Waals surface area (Å²) in [6.07, 6.45) is 10.5. The van der Waals surface area contributed by atoms with Crippen molar-refractivity contribution in [2.45, 2.75) is 51.4 Å². The van der Waals surface area contributed by atoms with Gasteiger partial charge in [-0.3, -0.25) is 0 Å². The third-order valence-corrected chi connectivity index (χ3v) is 5.87. The van der Waals surface area contributed by atoms with Gasteiger partial charge in [0.1, 0.15) is 0 Å². The van der Waals surface area contributed by atoms with Gasteiger partial charge in [-0.2, -0.15) is 0 Å². The molecule has 0 atom stereocenters. The number of hydrogen-bond donors (Lipinski definition) is 0. The van der Waals surface area contributed by atoms with Crippen molar-refractivity contribution in [2.24, 2.45) is 0 Å². The van der Waals surface area contributed by atoms with Gasteiger partial charge in [0.2, 0.25) is 10.8 Å². The second-order valence-corrected chi connectivity index (χ2v) is 36.4. The van der Waals surface area contributed by atoms with Crippen molar-refractivity contribution in [1.29, 1.82) is 10.8 Å². The van der Waals surface area contributed by atoms with Gasteiger partial charge in [-0.1, -0.05) is 25.7 Å². The van der Waals surface area contributed by atoms with Crippen molar-refractivity contribution in [3.8, 4) is 0 Å². The molecule has 2 aliphatic heterocycles. The summed E-state index contributed by atoms with van der Waals surface area (Å²) in [5.74, 6) is 0. The van der Waals surface area contributed by atoms with Gasteiger partial charge in [0.05, 0.1) is 0 Å². The molecule has 2 heterocycles. The van der Waals surface area contributed by atoms with E-state index in [4.69, 9.17) is 49.5 Å². The molecule has 11 heteroatoms. The third kappa shape index (κ3) is 13.0. The fourth-order valence-corrected chi connectivity index (χ4v) is 4.12. The second kappa shape index (κ2) is 16.4. The van der Waals surface area contributed by atoms with Gasteiger partial charge in [-0.15, -0.1) is 0 Å². The Bertz CT molecular complexity index is 859. The van der Waals surface area contributed by atoms with Crippen LogP contribution in [0.2, 0.25) is 0 Å². The summed E-state index contributed by atoms with van der Waals surface area (Å²) in [6, 6.07) is 15.5. The summed E-state index contributed by atoms with van der Waals surface area (Å²) in [7, 11) is 16.8. The number of halogens is 4. The zero-order valence-corrected chi connectivity index (χ0v) is 26.0. The summed E-state index contributed by atoms with van der Waals surface area (Å²) in [4.78, 5) is 11.1. The van der Waals surface area contributed by atoms with Crippen molar-refractivity contribution < 1.29 is 10.8 Å². The van der Waals surface area contributed by atoms with E-state index in [1.54, 1.807) is 0 Å². The molecule has 2 aromatic carbocycles. The Balaban J connectivity index is 0.000000208. The molecule has 0 saturated carbocycles. The van der Waals surface area contributed by atoms with E-state index in [9.17, 15) is 0 Å². The summed E-state index contributed by atoms with van der Waals surface area (Å²) >= 11 is 0. The quantitative estimate of drug-likeness (QED) is 0.250. The van der Waals surface area contributed by atoms with Crippen LogP contribution in [0.1, 0.15) is 51.4 Å². The van der Waals surface area contributed by atoms with Gasteiger partial charge in [-0.25, -0.2) is 0 Å². The number of benzene rings is 2. The third-order valence-electron chi connectivity index (χ3n) is 5.87. The predicted molar refractivity (Wildman–Crippen MR) is 147 cm³/mol. The van der Waals surface area contributed by atoms with E-state index in [2.05, 4.69) is 19.8 Å². The molecule has 188 valence electrons. The van der Waals surface area contributed by atoms with Crippen molar-refractivity contribution in [1.82, 2.24) is 0 Å². The van der Waals surface area contributed by atoms with Crippen molar-refractivity contribution >= 4 is 61.5 Å².